The Labute approximate surface area is 174 Å². The molecule has 0 N–H and O–H groups in total. The number of carbonyl (C=O) groups excluding carboxylic acids is 1. The molecule has 0 aromatic carbocycles. The van der Waals surface area contributed by atoms with Crippen LogP contribution in [0.15, 0.2) is 12.4 Å². The highest BCUT2D eigenvalue weighted by atomic mass is 16.5. The van der Waals surface area contributed by atoms with Crippen LogP contribution >= 0.6 is 0 Å². The van der Waals surface area contributed by atoms with Crippen molar-refractivity contribution < 1.29 is 9.53 Å². The van der Waals surface area contributed by atoms with Crippen LogP contribution in [-0.2, 0) is 22.6 Å². The summed E-state index contributed by atoms with van der Waals surface area (Å²) in [4.78, 5) is 18.0. The molecule has 1 aromatic rings. The first-order valence-corrected chi connectivity index (χ1v) is 11.9. The Morgan fingerprint density at radius 3 is 2.55 bits per heavy atom. The maximum atomic E-state index is 13.2. The second-order valence-electron chi connectivity index (χ2n) is 9.74. The number of nitrogens with zero attached hydrogens (tertiary/aromatic N) is 4. The Bertz CT molecular complexity index is 714. The number of likely N-dealkylation sites (tertiary alicyclic amines) is 2. The fourth-order valence-electron chi connectivity index (χ4n) is 5.84. The van der Waals surface area contributed by atoms with E-state index in [0.29, 0.717) is 6.04 Å². The van der Waals surface area contributed by atoms with Crippen LogP contribution in [-0.4, -0.2) is 62.9 Å². The molecule has 4 fully saturated rings. The maximum absolute atomic E-state index is 13.2. The van der Waals surface area contributed by atoms with Crippen molar-refractivity contribution in [2.45, 2.75) is 95.5 Å². The number of ether oxygens (including phenoxy) is 1. The molecule has 1 unspecified atom stereocenters. The summed E-state index contributed by atoms with van der Waals surface area (Å²) in [5, 5.41) is 4.40. The molecule has 0 radical (unpaired) electrons. The molecule has 4 aliphatic rings. The number of β-lactam (4-membered cyclic amide) rings is 1. The van der Waals surface area contributed by atoms with Crippen LogP contribution in [0.4, 0.5) is 0 Å². The number of hydrogen-bond donors (Lipinski definition) is 0. The number of aryl methyl sites for hydroxylation is 1. The van der Waals surface area contributed by atoms with Gasteiger partial charge in [0.05, 0.1) is 18.3 Å². The van der Waals surface area contributed by atoms with Crippen molar-refractivity contribution in [3.8, 4) is 0 Å². The third-order valence-corrected chi connectivity index (χ3v) is 7.68. The predicted octanol–water partition coefficient (Wildman–Crippen LogP) is 3.21. The quantitative estimate of drug-likeness (QED) is 0.660. The van der Waals surface area contributed by atoms with Crippen LogP contribution in [0.1, 0.15) is 70.3 Å². The summed E-state index contributed by atoms with van der Waals surface area (Å²) in [5.41, 5.74) is 1.31. The molecule has 1 amide bonds. The first-order chi connectivity index (χ1) is 14.2. The molecule has 2 saturated heterocycles. The second-order valence-corrected chi connectivity index (χ2v) is 9.74. The molecule has 2 saturated carbocycles. The van der Waals surface area contributed by atoms with Gasteiger partial charge in [-0.2, -0.15) is 5.10 Å². The Morgan fingerprint density at radius 2 is 1.90 bits per heavy atom. The maximum Gasteiger partial charge on any atom is 0.254 e. The molecule has 1 spiro atoms. The Morgan fingerprint density at radius 1 is 1.14 bits per heavy atom. The predicted molar refractivity (Wildman–Crippen MR) is 111 cm³/mol. The van der Waals surface area contributed by atoms with Crippen LogP contribution < -0.4 is 0 Å². The van der Waals surface area contributed by atoms with Gasteiger partial charge < -0.3 is 9.64 Å². The summed E-state index contributed by atoms with van der Waals surface area (Å²) in [5.74, 6) is 1.01. The minimum Gasteiger partial charge on any atom is -0.366 e. The minimum absolute atomic E-state index is 0.0132. The molecule has 2 aliphatic carbocycles. The lowest BCUT2D eigenvalue weighted by atomic mass is 9.68. The molecule has 6 nitrogen and oxygen atoms in total. The fourth-order valence-corrected chi connectivity index (χ4v) is 5.84. The van der Waals surface area contributed by atoms with Crippen molar-refractivity contribution in [1.82, 2.24) is 19.6 Å². The summed E-state index contributed by atoms with van der Waals surface area (Å²) < 4.78 is 8.23. The third-order valence-electron chi connectivity index (χ3n) is 7.68. The molecular weight excluding hydrogens is 364 g/mol. The lowest BCUT2D eigenvalue weighted by molar-refractivity contribution is -0.211. The molecule has 2 aliphatic heterocycles. The summed E-state index contributed by atoms with van der Waals surface area (Å²) >= 11 is 0. The first-order valence-electron chi connectivity index (χ1n) is 11.9. The molecule has 1 aromatic heterocycles. The van der Waals surface area contributed by atoms with E-state index in [9.17, 15) is 4.79 Å². The van der Waals surface area contributed by atoms with Crippen LogP contribution in [0, 0.1) is 5.92 Å². The Hall–Kier alpha value is -1.40. The highest BCUT2D eigenvalue weighted by Gasteiger charge is 2.62. The van der Waals surface area contributed by atoms with E-state index in [-0.39, 0.29) is 17.6 Å². The van der Waals surface area contributed by atoms with Gasteiger partial charge in [-0.15, -0.1) is 0 Å². The monoisotopic (exact) mass is 400 g/mol. The van der Waals surface area contributed by atoms with Crippen molar-refractivity contribution in [3.63, 3.8) is 0 Å². The molecule has 3 heterocycles. The zero-order chi connectivity index (χ0) is 19.8. The van der Waals surface area contributed by atoms with E-state index in [1.165, 1.54) is 37.7 Å². The number of piperidine rings is 1. The van der Waals surface area contributed by atoms with E-state index < -0.39 is 0 Å². The molecule has 160 valence electrons. The van der Waals surface area contributed by atoms with Gasteiger partial charge in [0.1, 0.15) is 0 Å². The van der Waals surface area contributed by atoms with Gasteiger partial charge in [-0.05, 0) is 51.4 Å². The smallest absolute Gasteiger partial charge is 0.254 e. The van der Waals surface area contributed by atoms with Crippen LogP contribution in [0.2, 0.25) is 0 Å². The largest absolute Gasteiger partial charge is 0.366 e. The van der Waals surface area contributed by atoms with Gasteiger partial charge in [0.15, 0.2) is 6.10 Å². The lowest BCUT2D eigenvalue weighted by Crippen LogP contribution is -2.78. The number of hydrogen-bond acceptors (Lipinski definition) is 4. The van der Waals surface area contributed by atoms with Crippen molar-refractivity contribution in [2.24, 2.45) is 5.92 Å². The van der Waals surface area contributed by atoms with Gasteiger partial charge >= 0.3 is 0 Å². The summed E-state index contributed by atoms with van der Waals surface area (Å²) in [6, 6.07) is 0.399. The van der Waals surface area contributed by atoms with Gasteiger partial charge in [-0.25, -0.2) is 0 Å². The highest BCUT2D eigenvalue weighted by molar-refractivity contribution is 5.90. The van der Waals surface area contributed by atoms with E-state index in [0.717, 1.165) is 64.4 Å². The normalized spacial score (nSPS) is 28.1. The van der Waals surface area contributed by atoms with Crippen molar-refractivity contribution in [3.05, 3.63) is 18.0 Å². The van der Waals surface area contributed by atoms with E-state index >= 15 is 0 Å². The zero-order valence-corrected chi connectivity index (χ0v) is 17.9. The standard InChI is InChI=1S/C23H36N4O2/c1-2-26-16-19(14-24-26)15-25-12-8-20(9-13-25)27-22(28)21(29-17-18-6-7-18)23(27)10-4-3-5-11-23/h14,16,18,20-21H,2-13,15,17H2,1H3. The van der Waals surface area contributed by atoms with Gasteiger partial charge in [-0.1, -0.05) is 19.3 Å². The first kappa shape index (κ1) is 19.6. The summed E-state index contributed by atoms with van der Waals surface area (Å²) in [6.07, 6.45) is 14.8. The van der Waals surface area contributed by atoms with Crippen LogP contribution in [0.5, 0.6) is 0 Å². The molecule has 1 atom stereocenters. The molecule has 5 rings (SSSR count). The van der Waals surface area contributed by atoms with Crippen LogP contribution in [0.3, 0.4) is 0 Å². The molecule has 6 heteroatoms. The zero-order valence-electron chi connectivity index (χ0n) is 17.9. The van der Waals surface area contributed by atoms with E-state index in [1.807, 2.05) is 10.9 Å². The molecule has 29 heavy (non-hydrogen) atoms. The number of aromatic nitrogens is 2. The van der Waals surface area contributed by atoms with Gasteiger partial charge in [0.2, 0.25) is 0 Å². The lowest BCUT2D eigenvalue weighted by Gasteiger charge is -2.62. The van der Waals surface area contributed by atoms with Crippen molar-refractivity contribution in [2.75, 3.05) is 19.7 Å². The van der Waals surface area contributed by atoms with E-state index in [1.54, 1.807) is 0 Å². The number of rotatable bonds is 7. The fraction of sp³-hybridized carbons (Fsp3) is 0.826. The van der Waals surface area contributed by atoms with Crippen LogP contribution in [0.25, 0.3) is 0 Å². The average molecular weight is 401 g/mol. The Kier molecular flexibility index (Phi) is 5.41. The molecule has 0 bridgehead atoms. The van der Waals surface area contributed by atoms with E-state index in [2.05, 4.69) is 28.0 Å². The highest BCUT2D eigenvalue weighted by Crippen LogP contribution is 2.48. The Balaban J connectivity index is 1.20. The van der Waals surface area contributed by atoms with Gasteiger partial charge in [-0.3, -0.25) is 14.4 Å². The third kappa shape index (κ3) is 3.74. The topological polar surface area (TPSA) is 50.6 Å². The van der Waals surface area contributed by atoms with Gasteiger partial charge in [0.25, 0.3) is 5.91 Å². The van der Waals surface area contributed by atoms with E-state index in [4.69, 9.17) is 4.74 Å². The SMILES string of the molecule is CCn1cc(CN2CCC(N3C(=O)C(OCC4CC4)C34CCCCC4)CC2)cn1. The summed E-state index contributed by atoms with van der Waals surface area (Å²) in [7, 11) is 0. The van der Waals surface area contributed by atoms with Crippen molar-refractivity contribution in [1.29, 1.82) is 0 Å². The van der Waals surface area contributed by atoms with Crippen molar-refractivity contribution >= 4 is 5.91 Å². The molecular formula is C23H36N4O2. The minimum atomic E-state index is -0.152. The number of carbonyl (C=O) groups is 1. The van der Waals surface area contributed by atoms with Gasteiger partial charge in [0, 0.05) is 44.0 Å². The summed E-state index contributed by atoms with van der Waals surface area (Å²) in [6.45, 7) is 6.94. The second kappa shape index (κ2) is 8.03. The average Bonchev–Trinajstić information content (AvgIpc) is 3.46. The number of amides is 1.